The zero-order valence-electron chi connectivity index (χ0n) is 11.1. The highest BCUT2D eigenvalue weighted by molar-refractivity contribution is 7.89. The van der Waals surface area contributed by atoms with Crippen LogP contribution in [0.3, 0.4) is 0 Å². The van der Waals surface area contributed by atoms with Crippen molar-refractivity contribution in [1.29, 1.82) is 0 Å². The highest BCUT2D eigenvalue weighted by Gasteiger charge is 2.28. The van der Waals surface area contributed by atoms with E-state index in [0.29, 0.717) is 11.8 Å². The Morgan fingerprint density at radius 3 is 2.68 bits per heavy atom. The van der Waals surface area contributed by atoms with Gasteiger partial charge in [0.25, 0.3) is 0 Å². The van der Waals surface area contributed by atoms with Crippen molar-refractivity contribution in [2.75, 3.05) is 0 Å². The number of nitrogens with zero attached hydrogens (tertiary/aromatic N) is 1. The minimum atomic E-state index is -3.50. The smallest absolute Gasteiger partial charge is 0.240 e. The van der Waals surface area contributed by atoms with E-state index in [2.05, 4.69) is 23.6 Å². The van der Waals surface area contributed by atoms with Crippen LogP contribution in [0, 0.1) is 11.8 Å². The molecular formula is C13H19ClN2O2S. The highest BCUT2D eigenvalue weighted by atomic mass is 35.5. The second kappa shape index (κ2) is 5.77. The van der Waals surface area contributed by atoms with Gasteiger partial charge < -0.3 is 0 Å². The molecule has 1 heterocycles. The van der Waals surface area contributed by atoms with Crippen molar-refractivity contribution in [2.45, 2.75) is 44.0 Å². The Bertz CT molecular complexity index is 547. The fourth-order valence-electron chi connectivity index (χ4n) is 2.49. The number of aromatic nitrogens is 1. The summed E-state index contributed by atoms with van der Waals surface area (Å²) < 4.78 is 27.3. The van der Waals surface area contributed by atoms with Crippen molar-refractivity contribution in [3.05, 3.63) is 23.5 Å². The van der Waals surface area contributed by atoms with Crippen molar-refractivity contribution < 1.29 is 8.42 Å². The minimum absolute atomic E-state index is 0.0168. The summed E-state index contributed by atoms with van der Waals surface area (Å²) in [4.78, 5) is 3.97. The lowest BCUT2D eigenvalue weighted by molar-refractivity contribution is 0.242. The second-order valence-corrected chi connectivity index (χ2v) is 7.50. The van der Waals surface area contributed by atoms with Crippen LogP contribution in [0.1, 0.15) is 33.1 Å². The van der Waals surface area contributed by atoms with Crippen molar-refractivity contribution in [1.82, 2.24) is 9.71 Å². The van der Waals surface area contributed by atoms with Crippen LogP contribution < -0.4 is 4.72 Å². The van der Waals surface area contributed by atoms with Crippen LogP contribution in [0.15, 0.2) is 23.2 Å². The third-order valence-corrected chi connectivity index (χ3v) is 5.65. The molecule has 1 N–H and O–H groups in total. The van der Waals surface area contributed by atoms with Gasteiger partial charge in [-0.05, 0) is 43.2 Å². The standard InChI is InChI=1S/C13H19ClN2O2S/c1-9-3-4-11(7-10(9)2)16-19(17,18)12-5-6-15-13(14)8-12/h5-6,8-11,16H,3-4,7H2,1-2H3. The molecule has 3 atom stereocenters. The number of nitrogens with one attached hydrogen (secondary N) is 1. The first-order valence-electron chi connectivity index (χ1n) is 6.52. The van der Waals surface area contributed by atoms with Gasteiger partial charge in [-0.1, -0.05) is 25.4 Å². The van der Waals surface area contributed by atoms with E-state index in [1.54, 1.807) is 0 Å². The van der Waals surface area contributed by atoms with Gasteiger partial charge in [-0.25, -0.2) is 18.1 Å². The van der Waals surface area contributed by atoms with E-state index in [1.807, 2.05) is 0 Å². The largest absolute Gasteiger partial charge is 0.244 e. The molecule has 0 aliphatic heterocycles. The lowest BCUT2D eigenvalue weighted by Gasteiger charge is -2.32. The van der Waals surface area contributed by atoms with Crippen LogP contribution in [-0.4, -0.2) is 19.4 Å². The second-order valence-electron chi connectivity index (χ2n) is 5.40. The molecule has 1 fully saturated rings. The first-order valence-corrected chi connectivity index (χ1v) is 8.38. The Morgan fingerprint density at radius 1 is 1.32 bits per heavy atom. The topological polar surface area (TPSA) is 59.1 Å². The molecule has 0 saturated heterocycles. The molecule has 0 aromatic carbocycles. The van der Waals surface area contributed by atoms with Gasteiger partial charge in [0, 0.05) is 12.2 Å². The van der Waals surface area contributed by atoms with Gasteiger partial charge in [-0.2, -0.15) is 0 Å². The Morgan fingerprint density at radius 2 is 2.05 bits per heavy atom. The van der Waals surface area contributed by atoms with Crippen molar-refractivity contribution in [3.63, 3.8) is 0 Å². The highest BCUT2D eigenvalue weighted by Crippen LogP contribution is 2.30. The van der Waals surface area contributed by atoms with Gasteiger partial charge in [0.2, 0.25) is 10.0 Å². The first kappa shape index (κ1) is 14.8. The van der Waals surface area contributed by atoms with E-state index >= 15 is 0 Å². The van der Waals surface area contributed by atoms with E-state index < -0.39 is 10.0 Å². The predicted octanol–water partition coefficient (Wildman–Crippen LogP) is 2.84. The molecule has 106 valence electrons. The van der Waals surface area contributed by atoms with E-state index in [0.717, 1.165) is 19.3 Å². The zero-order chi connectivity index (χ0) is 14.0. The summed E-state index contributed by atoms with van der Waals surface area (Å²) in [5, 5.41) is 0.188. The summed E-state index contributed by atoms with van der Waals surface area (Å²) in [6.07, 6.45) is 4.25. The van der Waals surface area contributed by atoms with Crippen LogP contribution in [0.4, 0.5) is 0 Å². The normalized spacial score (nSPS) is 28.3. The first-order chi connectivity index (χ1) is 8.88. The lowest BCUT2D eigenvalue weighted by Crippen LogP contribution is -2.39. The number of pyridine rings is 1. The molecule has 0 radical (unpaired) electrons. The summed E-state index contributed by atoms with van der Waals surface area (Å²) in [6, 6.07) is 2.85. The Labute approximate surface area is 119 Å². The summed E-state index contributed by atoms with van der Waals surface area (Å²) >= 11 is 5.73. The monoisotopic (exact) mass is 302 g/mol. The zero-order valence-corrected chi connectivity index (χ0v) is 12.7. The molecular weight excluding hydrogens is 284 g/mol. The third-order valence-electron chi connectivity index (χ3n) is 3.93. The van der Waals surface area contributed by atoms with Gasteiger partial charge in [0.15, 0.2) is 0 Å². The van der Waals surface area contributed by atoms with Crippen LogP contribution in [0.25, 0.3) is 0 Å². The number of sulfonamides is 1. The van der Waals surface area contributed by atoms with Crippen molar-refractivity contribution in [2.24, 2.45) is 11.8 Å². The van der Waals surface area contributed by atoms with Gasteiger partial charge in [0.05, 0.1) is 4.90 Å². The van der Waals surface area contributed by atoms with Gasteiger partial charge in [0.1, 0.15) is 5.15 Å². The van der Waals surface area contributed by atoms with Gasteiger partial charge >= 0.3 is 0 Å². The molecule has 1 aliphatic carbocycles. The van der Waals surface area contributed by atoms with Crippen molar-refractivity contribution >= 4 is 21.6 Å². The van der Waals surface area contributed by atoms with E-state index in [9.17, 15) is 8.42 Å². The Kier molecular flexibility index (Phi) is 4.48. The number of rotatable bonds is 3. The molecule has 2 rings (SSSR count). The summed E-state index contributed by atoms with van der Waals surface area (Å²) in [5.74, 6) is 1.21. The molecule has 0 bridgehead atoms. The quantitative estimate of drug-likeness (QED) is 0.874. The molecule has 0 spiro atoms. The Hall–Kier alpha value is -0.650. The van der Waals surface area contributed by atoms with Crippen LogP contribution in [0.5, 0.6) is 0 Å². The van der Waals surface area contributed by atoms with E-state index in [1.165, 1.54) is 18.3 Å². The van der Waals surface area contributed by atoms with Crippen molar-refractivity contribution in [3.8, 4) is 0 Å². The molecule has 3 unspecified atom stereocenters. The average Bonchev–Trinajstić information content (AvgIpc) is 2.33. The third kappa shape index (κ3) is 3.68. The van der Waals surface area contributed by atoms with Gasteiger partial charge in [-0.3, -0.25) is 0 Å². The predicted molar refractivity (Wildman–Crippen MR) is 75.5 cm³/mol. The maximum atomic E-state index is 12.2. The molecule has 1 saturated carbocycles. The fourth-order valence-corrected chi connectivity index (χ4v) is 4.03. The molecule has 1 aromatic rings. The molecule has 4 nitrogen and oxygen atoms in total. The van der Waals surface area contributed by atoms with Crippen LogP contribution >= 0.6 is 11.6 Å². The van der Waals surface area contributed by atoms with Crippen LogP contribution in [0.2, 0.25) is 5.15 Å². The summed E-state index contributed by atoms with van der Waals surface area (Å²) in [6.45, 7) is 4.40. The number of hydrogen-bond acceptors (Lipinski definition) is 3. The minimum Gasteiger partial charge on any atom is -0.244 e. The summed E-state index contributed by atoms with van der Waals surface area (Å²) in [5.41, 5.74) is 0. The number of hydrogen-bond donors (Lipinski definition) is 1. The maximum absolute atomic E-state index is 12.2. The summed E-state index contributed by atoms with van der Waals surface area (Å²) in [7, 11) is -3.50. The average molecular weight is 303 g/mol. The Balaban J connectivity index is 2.10. The molecule has 19 heavy (non-hydrogen) atoms. The van der Waals surface area contributed by atoms with Crippen LogP contribution in [-0.2, 0) is 10.0 Å². The SMILES string of the molecule is CC1CCC(NS(=O)(=O)c2ccnc(Cl)c2)CC1C. The lowest BCUT2D eigenvalue weighted by atomic mass is 9.79. The van der Waals surface area contributed by atoms with Gasteiger partial charge in [-0.15, -0.1) is 0 Å². The van der Waals surface area contributed by atoms with E-state index in [4.69, 9.17) is 11.6 Å². The number of halogens is 1. The molecule has 1 aliphatic rings. The molecule has 1 aromatic heterocycles. The van der Waals surface area contributed by atoms with E-state index in [-0.39, 0.29) is 16.1 Å². The molecule has 0 amide bonds. The fraction of sp³-hybridized carbons (Fsp3) is 0.615. The maximum Gasteiger partial charge on any atom is 0.240 e. The molecule has 6 heteroatoms.